The minimum Gasteiger partial charge on any atom is -0.379 e. The molecule has 0 aromatic heterocycles. The normalized spacial score (nSPS) is 18.7. The third-order valence-electron chi connectivity index (χ3n) is 5.13. The molecule has 0 saturated carbocycles. The van der Waals surface area contributed by atoms with E-state index in [4.69, 9.17) is 4.74 Å². The van der Waals surface area contributed by atoms with Crippen LogP contribution in [0.4, 0.5) is 5.69 Å². The molecule has 2 aliphatic heterocycles. The van der Waals surface area contributed by atoms with Crippen LogP contribution in [-0.2, 0) is 14.3 Å². The van der Waals surface area contributed by atoms with E-state index in [9.17, 15) is 14.4 Å². The van der Waals surface area contributed by atoms with Gasteiger partial charge in [-0.1, -0.05) is 0 Å². The zero-order valence-electron chi connectivity index (χ0n) is 16.4. The van der Waals surface area contributed by atoms with Crippen molar-refractivity contribution < 1.29 is 19.1 Å². The minimum absolute atomic E-state index is 0.00100. The van der Waals surface area contributed by atoms with E-state index in [0.717, 1.165) is 13.1 Å². The number of Topliss-reactive ketones (excluding diaryl/α,β-unsaturated/α-hetero) is 1. The van der Waals surface area contributed by atoms with E-state index in [0.29, 0.717) is 63.7 Å². The summed E-state index contributed by atoms with van der Waals surface area (Å²) in [6.07, 6.45) is 0. The van der Waals surface area contributed by atoms with Crippen LogP contribution in [-0.4, -0.2) is 97.9 Å². The number of rotatable bonds is 6. The number of nitrogens with one attached hydrogen (secondary N) is 1. The number of ketones is 1. The summed E-state index contributed by atoms with van der Waals surface area (Å²) in [5.41, 5.74) is 1.30. The van der Waals surface area contributed by atoms with E-state index in [1.54, 1.807) is 24.3 Å². The van der Waals surface area contributed by atoms with Crippen molar-refractivity contribution in [2.24, 2.45) is 0 Å². The molecule has 1 N–H and O–H groups in total. The fraction of sp³-hybridized carbons (Fsp3) is 0.550. The van der Waals surface area contributed by atoms with Gasteiger partial charge in [-0.05, 0) is 31.2 Å². The van der Waals surface area contributed by atoms with Gasteiger partial charge in [0.25, 0.3) is 0 Å². The topological polar surface area (TPSA) is 82.2 Å². The van der Waals surface area contributed by atoms with E-state index in [-0.39, 0.29) is 17.6 Å². The highest BCUT2D eigenvalue weighted by Crippen LogP contribution is 2.11. The molecule has 0 radical (unpaired) electrons. The Bertz CT molecular complexity index is 693. The Morgan fingerprint density at radius 3 is 2.11 bits per heavy atom. The number of hydrogen-bond acceptors (Lipinski definition) is 6. The van der Waals surface area contributed by atoms with E-state index in [1.807, 2.05) is 4.90 Å². The second-order valence-electron chi connectivity index (χ2n) is 7.23. The fourth-order valence-electron chi connectivity index (χ4n) is 3.40. The molecular weight excluding hydrogens is 360 g/mol. The number of anilines is 1. The van der Waals surface area contributed by atoms with Crippen LogP contribution in [0.3, 0.4) is 0 Å². The standard InChI is InChI=1S/C20H28N4O4/c1-16(25)17-2-4-18(5-3-17)21-19(26)14-22-6-8-24(9-7-22)20(27)15-23-10-12-28-13-11-23/h2-5H,6-15H2,1H3,(H,21,26). The van der Waals surface area contributed by atoms with Gasteiger partial charge in [-0.2, -0.15) is 0 Å². The van der Waals surface area contributed by atoms with Crippen molar-refractivity contribution >= 4 is 23.3 Å². The number of carbonyl (C=O) groups excluding carboxylic acids is 3. The minimum atomic E-state index is -0.0938. The molecule has 2 saturated heterocycles. The van der Waals surface area contributed by atoms with Gasteiger partial charge in [0.2, 0.25) is 11.8 Å². The molecule has 0 aliphatic carbocycles. The number of ether oxygens (including phenoxy) is 1. The quantitative estimate of drug-likeness (QED) is 0.706. The molecule has 8 heteroatoms. The first kappa shape index (κ1) is 20.4. The molecule has 0 bridgehead atoms. The lowest BCUT2D eigenvalue weighted by atomic mass is 10.1. The number of nitrogens with zero attached hydrogens (tertiary/aromatic N) is 3. The van der Waals surface area contributed by atoms with Gasteiger partial charge in [-0.3, -0.25) is 24.2 Å². The lowest BCUT2D eigenvalue weighted by Gasteiger charge is -2.36. The van der Waals surface area contributed by atoms with Crippen LogP contribution in [0, 0.1) is 0 Å². The average Bonchev–Trinajstić information content (AvgIpc) is 2.69. The van der Waals surface area contributed by atoms with Crippen molar-refractivity contribution in [3.63, 3.8) is 0 Å². The van der Waals surface area contributed by atoms with Crippen LogP contribution >= 0.6 is 0 Å². The molecule has 2 aliphatic rings. The molecule has 1 aromatic carbocycles. The third-order valence-corrected chi connectivity index (χ3v) is 5.13. The van der Waals surface area contributed by atoms with Crippen LogP contribution in [0.2, 0.25) is 0 Å². The SMILES string of the molecule is CC(=O)c1ccc(NC(=O)CN2CCN(C(=O)CN3CCOCC3)CC2)cc1. The maximum absolute atomic E-state index is 12.4. The van der Waals surface area contributed by atoms with Crippen LogP contribution in [0.15, 0.2) is 24.3 Å². The zero-order chi connectivity index (χ0) is 19.9. The van der Waals surface area contributed by atoms with E-state index in [1.165, 1.54) is 6.92 Å². The maximum Gasteiger partial charge on any atom is 0.238 e. The highest BCUT2D eigenvalue weighted by atomic mass is 16.5. The van der Waals surface area contributed by atoms with Gasteiger partial charge in [-0.15, -0.1) is 0 Å². The fourth-order valence-corrected chi connectivity index (χ4v) is 3.40. The lowest BCUT2D eigenvalue weighted by molar-refractivity contribution is -0.135. The largest absolute Gasteiger partial charge is 0.379 e. The molecule has 0 unspecified atom stereocenters. The highest BCUT2D eigenvalue weighted by molar-refractivity contribution is 5.96. The second-order valence-corrected chi connectivity index (χ2v) is 7.23. The molecule has 2 fully saturated rings. The smallest absolute Gasteiger partial charge is 0.238 e. The molecule has 2 heterocycles. The summed E-state index contributed by atoms with van der Waals surface area (Å²) in [4.78, 5) is 42.1. The first-order valence-electron chi connectivity index (χ1n) is 9.72. The van der Waals surface area contributed by atoms with Crippen LogP contribution in [0.1, 0.15) is 17.3 Å². The van der Waals surface area contributed by atoms with Gasteiger partial charge >= 0.3 is 0 Å². The van der Waals surface area contributed by atoms with Crippen molar-refractivity contribution in [1.29, 1.82) is 0 Å². The zero-order valence-corrected chi connectivity index (χ0v) is 16.4. The Labute approximate surface area is 165 Å². The molecule has 28 heavy (non-hydrogen) atoms. The van der Waals surface area contributed by atoms with Crippen LogP contribution in [0.25, 0.3) is 0 Å². The highest BCUT2D eigenvalue weighted by Gasteiger charge is 2.24. The summed E-state index contributed by atoms with van der Waals surface area (Å²) >= 11 is 0. The van der Waals surface area contributed by atoms with Gasteiger partial charge in [-0.25, -0.2) is 0 Å². The molecule has 1 aromatic rings. The molecule has 3 rings (SSSR count). The summed E-state index contributed by atoms with van der Waals surface area (Å²) in [7, 11) is 0. The van der Waals surface area contributed by atoms with Gasteiger partial charge in [0.15, 0.2) is 5.78 Å². The first-order chi connectivity index (χ1) is 13.5. The Morgan fingerprint density at radius 2 is 1.50 bits per heavy atom. The number of carbonyl (C=O) groups is 3. The molecule has 2 amide bonds. The van der Waals surface area contributed by atoms with Crippen molar-refractivity contribution in [2.75, 3.05) is 70.9 Å². The Morgan fingerprint density at radius 1 is 0.893 bits per heavy atom. The van der Waals surface area contributed by atoms with E-state index >= 15 is 0 Å². The average molecular weight is 388 g/mol. The monoisotopic (exact) mass is 388 g/mol. The van der Waals surface area contributed by atoms with Crippen LogP contribution in [0.5, 0.6) is 0 Å². The second kappa shape index (κ2) is 9.77. The number of amides is 2. The number of morpholine rings is 1. The molecule has 0 atom stereocenters. The predicted molar refractivity (Wildman–Crippen MR) is 105 cm³/mol. The van der Waals surface area contributed by atoms with E-state index < -0.39 is 0 Å². The van der Waals surface area contributed by atoms with Crippen molar-refractivity contribution in [2.45, 2.75) is 6.92 Å². The molecule has 0 spiro atoms. The summed E-state index contributed by atoms with van der Waals surface area (Å²) in [5, 5.41) is 2.85. The van der Waals surface area contributed by atoms with Gasteiger partial charge < -0.3 is 15.0 Å². The number of piperazine rings is 1. The van der Waals surface area contributed by atoms with Crippen LogP contribution < -0.4 is 5.32 Å². The lowest BCUT2D eigenvalue weighted by Crippen LogP contribution is -2.53. The maximum atomic E-state index is 12.4. The van der Waals surface area contributed by atoms with Crippen molar-refractivity contribution in [3.05, 3.63) is 29.8 Å². The summed E-state index contributed by atoms with van der Waals surface area (Å²) in [6.45, 7) is 7.89. The Hall–Kier alpha value is -2.29. The summed E-state index contributed by atoms with van der Waals surface area (Å²) < 4.78 is 5.31. The van der Waals surface area contributed by atoms with Crippen molar-refractivity contribution in [1.82, 2.24) is 14.7 Å². The Kier molecular flexibility index (Phi) is 7.13. The van der Waals surface area contributed by atoms with Gasteiger partial charge in [0, 0.05) is 50.5 Å². The third kappa shape index (κ3) is 5.85. The molecule has 152 valence electrons. The van der Waals surface area contributed by atoms with E-state index in [2.05, 4.69) is 15.1 Å². The first-order valence-corrected chi connectivity index (χ1v) is 9.72. The van der Waals surface area contributed by atoms with Gasteiger partial charge in [0.05, 0.1) is 26.3 Å². The predicted octanol–water partition coefficient (Wildman–Crippen LogP) is 0.304. The number of benzene rings is 1. The summed E-state index contributed by atoms with van der Waals surface area (Å²) in [5.74, 6) is 0.0548. The number of hydrogen-bond donors (Lipinski definition) is 1. The molecular formula is C20H28N4O4. The molecule has 8 nitrogen and oxygen atoms in total. The van der Waals surface area contributed by atoms with Gasteiger partial charge in [0.1, 0.15) is 0 Å². The Balaban J connectivity index is 1.39. The summed E-state index contributed by atoms with van der Waals surface area (Å²) in [6, 6.07) is 6.88. The van der Waals surface area contributed by atoms with Crippen molar-refractivity contribution in [3.8, 4) is 0 Å².